The van der Waals surface area contributed by atoms with Gasteiger partial charge in [-0.05, 0) is 18.9 Å². The number of carbonyl (C=O) groups is 1. The second-order valence-electron chi connectivity index (χ2n) is 4.96. The fourth-order valence-electron chi connectivity index (χ4n) is 2.46. The zero-order chi connectivity index (χ0) is 15.2. The first-order chi connectivity index (χ1) is 10.2. The molecule has 0 aromatic heterocycles. The summed E-state index contributed by atoms with van der Waals surface area (Å²) < 4.78 is 16.7. The van der Waals surface area contributed by atoms with Crippen LogP contribution in [0.3, 0.4) is 0 Å². The summed E-state index contributed by atoms with van der Waals surface area (Å²) in [5.41, 5.74) is 6.10. The first-order valence-electron chi connectivity index (χ1n) is 7.01. The number of aliphatic carboxylic acids is 1. The molecule has 21 heavy (non-hydrogen) atoms. The largest absolute Gasteiger partial charge is 0.493 e. The molecule has 0 spiro atoms. The second kappa shape index (κ2) is 7.28. The summed E-state index contributed by atoms with van der Waals surface area (Å²) in [6.45, 7) is 1.29. The molecular formula is C15H21NO5. The van der Waals surface area contributed by atoms with Crippen LogP contribution in [0.4, 0.5) is 0 Å². The number of nitrogens with two attached hydrogens (primary N) is 1. The van der Waals surface area contributed by atoms with Gasteiger partial charge in [0.05, 0.1) is 19.6 Å². The Morgan fingerprint density at radius 3 is 2.95 bits per heavy atom. The molecule has 1 aromatic carbocycles. The van der Waals surface area contributed by atoms with E-state index in [1.807, 2.05) is 0 Å². The molecule has 1 heterocycles. The van der Waals surface area contributed by atoms with Crippen LogP contribution in [0.25, 0.3) is 0 Å². The number of para-hydroxylation sites is 1. The van der Waals surface area contributed by atoms with Crippen LogP contribution in [-0.2, 0) is 9.53 Å². The van der Waals surface area contributed by atoms with Crippen molar-refractivity contribution in [1.29, 1.82) is 0 Å². The molecule has 1 aliphatic rings. The summed E-state index contributed by atoms with van der Waals surface area (Å²) in [4.78, 5) is 11.3. The van der Waals surface area contributed by atoms with E-state index in [2.05, 4.69) is 0 Å². The maximum Gasteiger partial charge on any atom is 0.312 e. The summed E-state index contributed by atoms with van der Waals surface area (Å²) >= 11 is 0. The van der Waals surface area contributed by atoms with E-state index in [1.165, 1.54) is 7.11 Å². The van der Waals surface area contributed by atoms with Gasteiger partial charge in [0.2, 0.25) is 0 Å². The lowest BCUT2D eigenvalue weighted by Crippen LogP contribution is -2.28. The maximum absolute atomic E-state index is 11.3. The Kier molecular flexibility index (Phi) is 5.41. The molecule has 3 N–H and O–H groups in total. The first kappa shape index (κ1) is 15.6. The van der Waals surface area contributed by atoms with Gasteiger partial charge < -0.3 is 25.1 Å². The van der Waals surface area contributed by atoms with Crippen LogP contribution >= 0.6 is 0 Å². The van der Waals surface area contributed by atoms with Gasteiger partial charge in [-0.1, -0.05) is 12.1 Å². The lowest BCUT2D eigenvalue weighted by molar-refractivity contribution is -0.138. The Balaban J connectivity index is 2.27. The molecule has 2 rings (SSSR count). The van der Waals surface area contributed by atoms with Crippen molar-refractivity contribution in [2.24, 2.45) is 5.73 Å². The van der Waals surface area contributed by atoms with Gasteiger partial charge >= 0.3 is 5.97 Å². The van der Waals surface area contributed by atoms with Gasteiger partial charge in [-0.3, -0.25) is 4.79 Å². The van der Waals surface area contributed by atoms with E-state index in [4.69, 9.17) is 19.9 Å². The Labute approximate surface area is 123 Å². The third-order valence-electron chi connectivity index (χ3n) is 3.53. The zero-order valence-electron chi connectivity index (χ0n) is 12.1. The van der Waals surface area contributed by atoms with Crippen molar-refractivity contribution in [1.82, 2.24) is 0 Å². The van der Waals surface area contributed by atoms with E-state index in [-0.39, 0.29) is 12.6 Å². The van der Waals surface area contributed by atoms with Gasteiger partial charge in [-0.15, -0.1) is 0 Å². The van der Waals surface area contributed by atoms with Crippen molar-refractivity contribution in [3.63, 3.8) is 0 Å². The van der Waals surface area contributed by atoms with E-state index >= 15 is 0 Å². The fourth-order valence-corrected chi connectivity index (χ4v) is 2.46. The summed E-state index contributed by atoms with van der Waals surface area (Å²) in [7, 11) is 1.50. The number of rotatable bonds is 6. The van der Waals surface area contributed by atoms with Crippen LogP contribution in [0.15, 0.2) is 18.2 Å². The predicted molar refractivity (Wildman–Crippen MR) is 76.9 cm³/mol. The highest BCUT2D eigenvalue weighted by Gasteiger charge is 2.25. The zero-order valence-corrected chi connectivity index (χ0v) is 12.1. The van der Waals surface area contributed by atoms with Gasteiger partial charge in [0.25, 0.3) is 0 Å². The molecule has 2 atom stereocenters. The Morgan fingerprint density at radius 1 is 1.57 bits per heavy atom. The molecular weight excluding hydrogens is 274 g/mol. The molecule has 0 bridgehead atoms. The van der Waals surface area contributed by atoms with Crippen molar-refractivity contribution in [3.05, 3.63) is 23.8 Å². The normalized spacial score (nSPS) is 19.8. The molecule has 0 saturated carbocycles. The number of hydrogen-bond donors (Lipinski definition) is 2. The summed E-state index contributed by atoms with van der Waals surface area (Å²) in [5.74, 6) is -0.828. The van der Waals surface area contributed by atoms with Crippen LogP contribution < -0.4 is 15.2 Å². The van der Waals surface area contributed by atoms with E-state index in [1.54, 1.807) is 18.2 Å². The van der Waals surface area contributed by atoms with Crippen LogP contribution in [0.5, 0.6) is 11.5 Å². The minimum Gasteiger partial charge on any atom is -0.493 e. The fraction of sp³-hybridized carbons (Fsp3) is 0.533. The number of carboxylic acid groups (broad SMARTS) is 1. The third-order valence-corrected chi connectivity index (χ3v) is 3.53. The Bertz CT molecular complexity index is 485. The van der Waals surface area contributed by atoms with Gasteiger partial charge in [0.1, 0.15) is 6.10 Å². The smallest absolute Gasteiger partial charge is 0.312 e. The average Bonchev–Trinajstić information content (AvgIpc) is 2.49. The monoisotopic (exact) mass is 295 g/mol. The Hall–Kier alpha value is -1.79. The number of ether oxygens (including phenoxy) is 3. The highest BCUT2D eigenvalue weighted by Crippen LogP contribution is 2.36. The summed E-state index contributed by atoms with van der Waals surface area (Å²) in [5, 5.41) is 9.26. The molecule has 6 nitrogen and oxygen atoms in total. The average molecular weight is 295 g/mol. The number of carboxylic acids is 1. The third kappa shape index (κ3) is 3.65. The molecule has 1 aromatic rings. The topological polar surface area (TPSA) is 91.0 Å². The maximum atomic E-state index is 11.3. The van der Waals surface area contributed by atoms with Gasteiger partial charge in [-0.2, -0.15) is 0 Å². The van der Waals surface area contributed by atoms with Crippen molar-refractivity contribution in [3.8, 4) is 11.5 Å². The first-order valence-corrected chi connectivity index (χ1v) is 7.01. The van der Waals surface area contributed by atoms with Crippen LogP contribution in [0.2, 0.25) is 0 Å². The van der Waals surface area contributed by atoms with Crippen LogP contribution in [0.1, 0.15) is 24.3 Å². The van der Waals surface area contributed by atoms with Gasteiger partial charge in [0.15, 0.2) is 11.5 Å². The Morgan fingerprint density at radius 2 is 2.38 bits per heavy atom. The molecule has 0 aliphatic carbocycles. The molecule has 1 aliphatic heterocycles. The summed E-state index contributed by atoms with van der Waals surface area (Å²) in [6.07, 6.45) is 1.82. The van der Waals surface area contributed by atoms with Crippen molar-refractivity contribution < 1.29 is 24.1 Å². The molecule has 0 radical (unpaired) electrons. The van der Waals surface area contributed by atoms with Crippen LogP contribution in [-0.4, -0.2) is 44.0 Å². The predicted octanol–water partition coefficient (Wildman–Crippen LogP) is 1.38. The molecule has 0 amide bonds. The van der Waals surface area contributed by atoms with E-state index in [0.717, 1.165) is 19.4 Å². The SMILES string of the molecule is COc1c(OC2CCCOC2)cccc1C(CN)C(=O)O. The minimum absolute atomic E-state index is 0.00167. The number of benzene rings is 1. The van der Waals surface area contributed by atoms with E-state index < -0.39 is 11.9 Å². The second-order valence-corrected chi connectivity index (χ2v) is 4.96. The molecule has 2 unspecified atom stereocenters. The van der Waals surface area contributed by atoms with Crippen molar-refractivity contribution >= 4 is 5.97 Å². The van der Waals surface area contributed by atoms with Crippen LogP contribution in [0, 0.1) is 0 Å². The van der Waals surface area contributed by atoms with Crippen molar-refractivity contribution in [2.75, 3.05) is 26.9 Å². The molecule has 6 heteroatoms. The minimum atomic E-state index is -0.978. The number of hydrogen-bond acceptors (Lipinski definition) is 5. The molecule has 1 fully saturated rings. The van der Waals surface area contributed by atoms with E-state index in [9.17, 15) is 9.90 Å². The quantitative estimate of drug-likeness (QED) is 0.824. The van der Waals surface area contributed by atoms with Gasteiger partial charge in [-0.25, -0.2) is 0 Å². The standard InChI is InChI=1S/C15H21NO5/c1-19-14-11(12(8-16)15(17)18)5-2-6-13(14)21-10-4-3-7-20-9-10/h2,5-6,10,12H,3-4,7-9,16H2,1H3,(H,17,18). The molecule has 116 valence electrons. The lowest BCUT2D eigenvalue weighted by atomic mass is 9.98. The lowest BCUT2D eigenvalue weighted by Gasteiger charge is -2.25. The molecule has 1 saturated heterocycles. The highest BCUT2D eigenvalue weighted by molar-refractivity contribution is 5.78. The summed E-state index contributed by atoms with van der Waals surface area (Å²) in [6, 6.07) is 5.23. The van der Waals surface area contributed by atoms with Crippen molar-refractivity contribution in [2.45, 2.75) is 24.9 Å². The highest BCUT2D eigenvalue weighted by atomic mass is 16.5. The van der Waals surface area contributed by atoms with Gasteiger partial charge in [0, 0.05) is 18.7 Å². The number of methoxy groups -OCH3 is 1. The van der Waals surface area contributed by atoms with E-state index in [0.29, 0.717) is 23.7 Å².